The third-order valence-corrected chi connectivity index (χ3v) is 12.5. The molecule has 3 fully saturated rings. The van der Waals surface area contributed by atoms with Crippen LogP contribution in [0.1, 0.15) is 49.7 Å². The Morgan fingerprint density at radius 1 is 0.633 bits per heavy atom. The number of hydrogen-bond donors (Lipinski definition) is 1. The first-order valence-corrected chi connectivity index (χ1v) is 22.3. The van der Waals surface area contributed by atoms with Crippen molar-refractivity contribution in [1.29, 1.82) is 0 Å². The summed E-state index contributed by atoms with van der Waals surface area (Å²) in [4.78, 5) is 2.60. The number of aliphatic hydroxyl groups is 1. The van der Waals surface area contributed by atoms with Crippen LogP contribution >= 0.6 is 0 Å². The van der Waals surface area contributed by atoms with Gasteiger partial charge in [-0.15, -0.1) is 0 Å². The lowest BCUT2D eigenvalue weighted by molar-refractivity contribution is -0.218. The van der Waals surface area contributed by atoms with Gasteiger partial charge < -0.3 is 71.4 Å². The van der Waals surface area contributed by atoms with Crippen LogP contribution in [0.2, 0.25) is 0 Å². The lowest BCUT2D eigenvalue weighted by atomic mass is 9.48. The van der Waals surface area contributed by atoms with Crippen LogP contribution in [0.25, 0.3) is 0 Å². The molecule has 16 nitrogen and oxygen atoms in total. The SMILES string of the molecule is COCCOCCOCCOCCOCCOCCOCCOCCOCCOC1CC[C@@]2(O)C3Cc4ccc(OCOCCOC)c5c4[C@@]2(CCN3CC2CCC2)[C@H]1O5. The molecule has 1 saturated heterocycles. The van der Waals surface area contributed by atoms with Crippen LogP contribution in [-0.2, 0) is 68.7 Å². The topological polar surface area (TPSA) is 153 Å². The van der Waals surface area contributed by atoms with Crippen molar-refractivity contribution >= 4 is 0 Å². The molecule has 2 bridgehead atoms. The summed E-state index contributed by atoms with van der Waals surface area (Å²) in [6.07, 6.45) is 6.45. The fourth-order valence-electron chi connectivity index (χ4n) is 9.43. The van der Waals surface area contributed by atoms with E-state index in [1.54, 1.807) is 14.2 Å². The maximum atomic E-state index is 12.9. The smallest absolute Gasteiger partial charge is 0.189 e. The molecule has 16 heteroatoms. The minimum atomic E-state index is -0.903. The quantitative estimate of drug-likeness (QED) is 0.0778. The Balaban J connectivity index is 0.810. The highest BCUT2D eigenvalue weighted by atomic mass is 16.7. The minimum absolute atomic E-state index is 0.0613. The Bertz CT molecular complexity index is 1340. The molecule has 1 aromatic carbocycles. The van der Waals surface area contributed by atoms with Crippen molar-refractivity contribution in [1.82, 2.24) is 4.90 Å². The minimum Gasteiger partial charge on any atom is -0.482 e. The molecule has 0 radical (unpaired) electrons. The molecule has 2 saturated carbocycles. The highest BCUT2D eigenvalue weighted by molar-refractivity contribution is 5.63. The summed E-state index contributed by atoms with van der Waals surface area (Å²) in [5.74, 6) is 2.14. The molecule has 5 aliphatic rings. The van der Waals surface area contributed by atoms with E-state index in [-0.39, 0.29) is 25.0 Å². The summed E-state index contributed by atoms with van der Waals surface area (Å²) in [5.41, 5.74) is 0.922. The van der Waals surface area contributed by atoms with E-state index in [0.717, 1.165) is 49.6 Å². The highest BCUT2D eigenvalue weighted by Gasteiger charge is 2.73. The van der Waals surface area contributed by atoms with Crippen molar-refractivity contribution in [3.05, 3.63) is 23.3 Å². The van der Waals surface area contributed by atoms with Gasteiger partial charge in [-0.3, -0.25) is 4.90 Å². The molecule has 0 aromatic heterocycles. The molecular weight excluding hydrogens is 782 g/mol. The molecule has 2 heterocycles. The van der Waals surface area contributed by atoms with Crippen LogP contribution in [0.3, 0.4) is 0 Å². The Morgan fingerprint density at radius 2 is 1.15 bits per heavy atom. The van der Waals surface area contributed by atoms with Gasteiger partial charge in [0, 0.05) is 32.4 Å². The molecule has 3 aliphatic carbocycles. The first-order valence-electron chi connectivity index (χ1n) is 22.3. The fraction of sp³-hybridized carbons (Fsp3) is 0.864. The molecule has 5 atom stereocenters. The fourth-order valence-corrected chi connectivity index (χ4v) is 9.43. The lowest BCUT2D eigenvalue weighted by Crippen LogP contribution is -2.77. The van der Waals surface area contributed by atoms with Gasteiger partial charge in [-0.05, 0) is 62.6 Å². The molecule has 344 valence electrons. The van der Waals surface area contributed by atoms with Crippen LogP contribution in [0.5, 0.6) is 11.5 Å². The van der Waals surface area contributed by atoms with Gasteiger partial charge >= 0.3 is 0 Å². The number of nitrogens with zero attached hydrogens (tertiary/aromatic N) is 1. The zero-order valence-electron chi connectivity index (χ0n) is 36.3. The number of likely N-dealkylation sites (tertiary alicyclic amines) is 1. The monoisotopic (exact) mass is 855 g/mol. The van der Waals surface area contributed by atoms with Crippen LogP contribution < -0.4 is 9.47 Å². The van der Waals surface area contributed by atoms with E-state index in [2.05, 4.69) is 11.0 Å². The second-order valence-electron chi connectivity index (χ2n) is 16.1. The molecule has 1 aromatic rings. The van der Waals surface area contributed by atoms with E-state index in [0.29, 0.717) is 144 Å². The Morgan fingerprint density at radius 3 is 1.67 bits per heavy atom. The summed E-state index contributed by atoms with van der Waals surface area (Å²) in [6, 6.07) is 4.25. The van der Waals surface area contributed by atoms with Gasteiger partial charge in [0.2, 0.25) is 0 Å². The van der Waals surface area contributed by atoms with Crippen molar-refractivity contribution in [3.63, 3.8) is 0 Å². The molecule has 0 amide bonds. The predicted molar refractivity (Wildman–Crippen MR) is 219 cm³/mol. The van der Waals surface area contributed by atoms with Gasteiger partial charge in [0.05, 0.1) is 149 Å². The van der Waals surface area contributed by atoms with Crippen LogP contribution in [-0.4, -0.2) is 200 Å². The van der Waals surface area contributed by atoms with Gasteiger partial charge in [0.1, 0.15) is 6.10 Å². The maximum Gasteiger partial charge on any atom is 0.189 e. The number of piperidine rings is 1. The third kappa shape index (κ3) is 12.7. The predicted octanol–water partition coefficient (Wildman–Crippen LogP) is 2.80. The second-order valence-corrected chi connectivity index (χ2v) is 16.1. The van der Waals surface area contributed by atoms with E-state index < -0.39 is 11.0 Å². The summed E-state index contributed by atoms with van der Waals surface area (Å²) >= 11 is 0. The van der Waals surface area contributed by atoms with Crippen LogP contribution in [0.15, 0.2) is 12.1 Å². The van der Waals surface area contributed by atoms with Crippen LogP contribution in [0, 0.1) is 5.92 Å². The first-order chi connectivity index (χ1) is 29.6. The number of ether oxygens (including phenoxy) is 14. The third-order valence-electron chi connectivity index (χ3n) is 12.5. The molecule has 1 N–H and O–H groups in total. The van der Waals surface area contributed by atoms with E-state index in [1.165, 1.54) is 24.8 Å². The van der Waals surface area contributed by atoms with Gasteiger partial charge in [-0.25, -0.2) is 0 Å². The number of benzene rings is 1. The molecule has 2 unspecified atom stereocenters. The zero-order valence-corrected chi connectivity index (χ0v) is 36.3. The Labute approximate surface area is 356 Å². The standard InChI is InChI=1S/C44H73NO15/c1-47-12-14-49-16-17-50-18-19-51-20-21-52-22-23-53-24-25-54-26-27-55-28-29-56-30-31-58-38-8-9-44(46)39-32-36-6-7-37(59-34-57-15-13-48-2)41-40(36)43(44,42(38)60-41)10-11-45(39)33-35-4-3-5-35/h6-7,35,38-39,42,46H,3-5,8-34H2,1-2H3/t38?,39?,42-,43-,44+/m0/s1. The van der Waals surface area contributed by atoms with Crippen molar-refractivity contribution in [3.8, 4) is 11.5 Å². The van der Waals surface area contributed by atoms with Gasteiger partial charge in [0.15, 0.2) is 18.3 Å². The molecule has 2 aliphatic heterocycles. The van der Waals surface area contributed by atoms with E-state index in [1.807, 2.05) is 6.07 Å². The Hall–Kier alpha value is -1.74. The van der Waals surface area contributed by atoms with E-state index >= 15 is 0 Å². The Kier molecular flexibility index (Phi) is 20.8. The van der Waals surface area contributed by atoms with E-state index in [4.69, 9.17) is 66.3 Å². The van der Waals surface area contributed by atoms with Gasteiger partial charge in [-0.1, -0.05) is 12.5 Å². The van der Waals surface area contributed by atoms with Crippen molar-refractivity contribution in [2.45, 2.75) is 74.2 Å². The molecule has 60 heavy (non-hydrogen) atoms. The summed E-state index contributed by atoms with van der Waals surface area (Å²) < 4.78 is 79.8. The second kappa shape index (κ2) is 26.1. The first kappa shape index (κ1) is 47.7. The maximum absolute atomic E-state index is 12.9. The average Bonchev–Trinajstić information content (AvgIpc) is 3.59. The summed E-state index contributed by atoms with van der Waals surface area (Å²) in [7, 11) is 3.30. The van der Waals surface area contributed by atoms with Crippen molar-refractivity contribution in [2.24, 2.45) is 5.92 Å². The van der Waals surface area contributed by atoms with Crippen molar-refractivity contribution in [2.75, 3.05) is 166 Å². The molecule has 6 rings (SSSR count). The number of hydrogen-bond acceptors (Lipinski definition) is 16. The number of methoxy groups -OCH3 is 2. The lowest BCUT2D eigenvalue weighted by Gasteiger charge is -2.64. The van der Waals surface area contributed by atoms with Crippen LogP contribution in [0.4, 0.5) is 0 Å². The zero-order chi connectivity index (χ0) is 41.7. The molecular formula is C44H73NO15. The van der Waals surface area contributed by atoms with E-state index in [9.17, 15) is 5.11 Å². The van der Waals surface area contributed by atoms with Crippen molar-refractivity contribution < 1.29 is 71.4 Å². The average molecular weight is 856 g/mol. The largest absolute Gasteiger partial charge is 0.482 e. The summed E-state index contributed by atoms with van der Waals surface area (Å²) in [5, 5.41) is 12.9. The molecule has 1 spiro atoms. The van der Waals surface area contributed by atoms with Gasteiger partial charge in [-0.2, -0.15) is 0 Å². The number of rotatable bonds is 36. The summed E-state index contributed by atoms with van der Waals surface area (Å²) in [6.45, 7) is 12.2. The highest BCUT2D eigenvalue weighted by Crippen LogP contribution is 2.66. The normalized spacial score (nSPS) is 25.6. The van der Waals surface area contributed by atoms with Gasteiger partial charge in [0.25, 0.3) is 0 Å².